The third-order valence-electron chi connectivity index (χ3n) is 10.5. The Hall–Kier alpha value is -6.80. The summed E-state index contributed by atoms with van der Waals surface area (Å²) in [5, 5.41) is 5.58. The van der Waals surface area contributed by atoms with E-state index in [-0.39, 0.29) is 0 Å². The Labute approximate surface area is 319 Å². The Morgan fingerprint density at radius 3 is 1.56 bits per heavy atom. The van der Waals surface area contributed by atoms with Crippen molar-refractivity contribution in [2.75, 3.05) is 0 Å². The molecule has 10 rings (SSSR count). The number of pyridine rings is 1. The van der Waals surface area contributed by atoms with Gasteiger partial charge in [0.1, 0.15) is 11.3 Å². The molecule has 55 heavy (non-hydrogen) atoms. The van der Waals surface area contributed by atoms with Gasteiger partial charge in [-0.3, -0.25) is 0 Å². The van der Waals surface area contributed by atoms with Gasteiger partial charge in [-0.2, -0.15) is 0 Å². The van der Waals surface area contributed by atoms with Crippen LogP contribution in [0.5, 0.6) is 0 Å². The largest absolute Gasteiger partial charge is 0.454 e. The number of hydrogen-bond acceptors (Lipinski definition) is 3. The van der Waals surface area contributed by atoms with E-state index in [1.807, 2.05) is 91.0 Å². The highest BCUT2D eigenvalue weighted by molar-refractivity contribution is 7.85. The first-order valence-electron chi connectivity index (χ1n) is 18.5. The molecule has 4 heteroatoms. The molecule has 0 aliphatic carbocycles. The van der Waals surface area contributed by atoms with Crippen LogP contribution in [0.4, 0.5) is 0 Å². The zero-order valence-corrected chi connectivity index (χ0v) is 30.7. The molecule has 8 aromatic carbocycles. The van der Waals surface area contributed by atoms with Crippen LogP contribution in [0.1, 0.15) is 0 Å². The van der Waals surface area contributed by atoms with Crippen molar-refractivity contribution in [2.45, 2.75) is 0 Å². The maximum atomic E-state index is 15.2. The van der Waals surface area contributed by atoms with Crippen molar-refractivity contribution in [1.29, 1.82) is 0 Å². The van der Waals surface area contributed by atoms with E-state index >= 15 is 4.57 Å². The second-order valence-electron chi connectivity index (χ2n) is 13.9. The second-order valence-corrected chi connectivity index (χ2v) is 16.6. The van der Waals surface area contributed by atoms with Crippen LogP contribution in [-0.2, 0) is 4.57 Å². The van der Waals surface area contributed by atoms with E-state index in [1.165, 1.54) is 11.1 Å². The number of fused-ring (bicyclic) bond motifs is 5. The minimum absolute atomic E-state index is 0.760. The third kappa shape index (κ3) is 5.78. The highest BCUT2D eigenvalue weighted by Gasteiger charge is 2.30. The first kappa shape index (κ1) is 32.8. The van der Waals surface area contributed by atoms with Crippen LogP contribution in [0, 0.1) is 0 Å². The number of rotatable bonds is 7. The van der Waals surface area contributed by atoms with E-state index in [1.54, 1.807) is 0 Å². The fraction of sp³-hybridized carbons (Fsp3) is 0. The molecule has 0 saturated heterocycles. The van der Waals surface area contributed by atoms with Gasteiger partial charge in [-0.05, 0) is 63.7 Å². The molecular formula is C51H34NO2P. The Bertz CT molecular complexity index is 3020. The minimum Gasteiger partial charge on any atom is -0.454 e. The monoisotopic (exact) mass is 723 g/mol. The molecule has 0 atom stereocenters. The van der Waals surface area contributed by atoms with Crippen molar-refractivity contribution in [2.24, 2.45) is 0 Å². The quantitative estimate of drug-likeness (QED) is 0.154. The molecule has 0 fully saturated rings. The van der Waals surface area contributed by atoms with Gasteiger partial charge in [-0.25, -0.2) is 4.98 Å². The van der Waals surface area contributed by atoms with Crippen molar-refractivity contribution < 1.29 is 8.98 Å². The number of furan rings is 1. The van der Waals surface area contributed by atoms with Gasteiger partial charge in [0.2, 0.25) is 0 Å². The first-order valence-corrected chi connectivity index (χ1v) is 20.2. The van der Waals surface area contributed by atoms with Crippen molar-refractivity contribution >= 4 is 55.9 Å². The molecule has 0 aliphatic rings. The minimum atomic E-state index is -3.15. The molecule has 0 N–H and O–H groups in total. The standard InChI is InChI=1S/C51H34NO2P/c53-55(42-22-6-2-7-23-42,43-24-8-3-9-25-43)44-26-14-20-39(33-44)38-19-13-21-41(32-38)50-51-49(46-27-10-11-28-48(46)54-51)45-30-29-40(34-47(45)52-50)37-18-12-17-36(31-37)35-15-4-1-5-16-35/h1-34H. The van der Waals surface area contributed by atoms with Crippen molar-refractivity contribution in [1.82, 2.24) is 4.98 Å². The van der Waals surface area contributed by atoms with E-state index in [0.29, 0.717) is 0 Å². The van der Waals surface area contributed by atoms with Gasteiger partial charge < -0.3 is 8.98 Å². The lowest BCUT2D eigenvalue weighted by Crippen LogP contribution is -2.25. The molecule has 0 saturated carbocycles. The van der Waals surface area contributed by atoms with Crippen molar-refractivity contribution in [3.05, 3.63) is 206 Å². The van der Waals surface area contributed by atoms with Gasteiger partial charge in [0.05, 0.1) is 5.52 Å². The predicted molar refractivity (Wildman–Crippen MR) is 230 cm³/mol. The molecule has 0 unspecified atom stereocenters. The smallest absolute Gasteiger partial charge is 0.171 e. The maximum absolute atomic E-state index is 15.2. The summed E-state index contributed by atoms with van der Waals surface area (Å²) in [7, 11) is -3.15. The molecule has 0 spiro atoms. The number of hydrogen-bond donors (Lipinski definition) is 0. The van der Waals surface area contributed by atoms with Gasteiger partial charge in [0.25, 0.3) is 0 Å². The zero-order chi connectivity index (χ0) is 36.8. The predicted octanol–water partition coefficient (Wildman–Crippen LogP) is 12.4. The van der Waals surface area contributed by atoms with E-state index in [2.05, 4.69) is 115 Å². The fourth-order valence-electron chi connectivity index (χ4n) is 7.82. The highest BCUT2D eigenvalue weighted by atomic mass is 31.2. The molecule has 2 aromatic heterocycles. The molecule has 0 bridgehead atoms. The first-order chi connectivity index (χ1) is 27.1. The summed E-state index contributed by atoms with van der Waals surface area (Å²) in [6, 6.07) is 70.2. The van der Waals surface area contributed by atoms with Crippen molar-refractivity contribution in [3.63, 3.8) is 0 Å². The van der Waals surface area contributed by atoms with Gasteiger partial charge in [-0.1, -0.05) is 176 Å². The SMILES string of the molecule is O=P(c1ccccc1)(c1ccccc1)c1cccc(-c2cccc(-c3nc4cc(-c5cccc(-c6ccccc6)c5)ccc4c4c3oc3ccccc34)c2)c1. The molecule has 0 amide bonds. The normalized spacial score (nSPS) is 11.7. The van der Waals surface area contributed by atoms with Crippen LogP contribution >= 0.6 is 7.14 Å². The lowest BCUT2D eigenvalue weighted by Gasteiger charge is -2.20. The van der Waals surface area contributed by atoms with Crippen LogP contribution < -0.4 is 15.9 Å². The van der Waals surface area contributed by atoms with Gasteiger partial charge in [0.15, 0.2) is 12.7 Å². The van der Waals surface area contributed by atoms with E-state index in [4.69, 9.17) is 9.40 Å². The molecule has 260 valence electrons. The van der Waals surface area contributed by atoms with Gasteiger partial charge in [-0.15, -0.1) is 0 Å². The lowest BCUT2D eigenvalue weighted by molar-refractivity contribution is 0.592. The molecule has 10 aromatic rings. The number of nitrogens with zero attached hydrogens (tertiary/aromatic N) is 1. The summed E-state index contributed by atoms with van der Waals surface area (Å²) in [4.78, 5) is 5.37. The Balaban J connectivity index is 1.12. The fourth-order valence-corrected chi connectivity index (χ4v) is 10.5. The molecular weight excluding hydrogens is 690 g/mol. The van der Waals surface area contributed by atoms with Crippen LogP contribution in [-0.4, -0.2) is 4.98 Å². The van der Waals surface area contributed by atoms with E-state index in [9.17, 15) is 0 Å². The van der Waals surface area contributed by atoms with E-state index < -0.39 is 7.14 Å². The lowest BCUT2D eigenvalue weighted by atomic mass is 9.96. The average molecular weight is 724 g/mol. The zero-order valence-electron chi connectivity index (χ0n) is 29.8. The summed E-state index contributed by atoms with van der Waals surface area (Å²) in [6.07, 6.45) is 0. The summed E-state index contributed by atoms with van der Waals surface area (Å²) >= 11 is 0. The summed E-state index contributed by atoms with van der Waals surface area (Å²) in [6.45, 7) is 0. The van der Waals surface area contributed by atoms with Crippen LogP contribution in [0.15, 0.2) is 211 Å². The van der Waals surface area contributed by atoms with Crippen LogP contribution in [0.25, 0.3) is 77.5 Å². The number of para-hydroxylation sites is 1. The molecule has 2 heterocycles. The van der Waals surface area contributed by atoms with E-state index in [0.717, 1.165) is 82.3 Å². The number of aromatic nitrogens is 1. The maximum Gasteiger partial charge on any atom is 0.171 e. The van der Waals surface area contributed by atoms with Gasteiger partial charge in [0, 0.05) is 37.6 Å². The van der Waals surface area contributed by atoms with Crippen molar-refractivity contribution in [3.8, 4) is 44.6 Å². The molecule has 0 aliphatic heterocycles. The third-order valence-corrected chi connectivity index (χ3v) is 13.6. The summed E-state index contributed by atoms with van der Waals surface area (Å²) in [5.74, 6) is 0. The van der Waals surface area contributed by atoms with Gasteiger partial charge >= 0.3 is 0 Å². The summed E-state index contributed by atoms with van der Waals surface area (Å²) in [5.41, 5.74) is 10.8. The topological polar surface area (TPSA) is 43.1 Å². The second kappa shape index (κ2) is 13.6. The summed E-state index contributed by atoms with van der Waals surface area (Å²) < 4.78 is 21.9. The number of benzene rings is 8. The van der Waals surface area contributed by atoms with Crippen LogP contribution in [0.3, 0.4) is 0 Å². The Morgan fingerprint density at radius 2 is 0.873 bits per heavy atom. The van der Waals surface area contributed by atoms with Crippen LogP contribution in [0.2, 0.25) is 0 Å². The Kier molecular flexibility index (Phi) is 8.09. The molecule has 0 radical (unpaired) electrons. The average Bonchev–Trinajstić information content (AvgIpc) is 3.67. The highest BCUT2D eigenvalue weighted by Crippen LogP contribution is 2.44. The Morgan fingerprint density at radius 1 is 0.382 bits per heavy atom. The molecule has 3 nitrogen and oxygen atoms in total.